The molecule has 0 aliphatic heterocycles. The van der Waals surface area contributed by atoms with Crippen molar-refractivity contribution in [2.24, 2.45) is 0 Å². The van der Waals surface area contributed by atoms with Gasteiger partial charge in [-0.25, -0.2) is 0 Å². The van der Waals surface area contributed by atoms with Gasteiger partial charge in [0.05, 0.1) is 0 Å². The molecule has 2 aromatic heterocycles. The fraction of sp³-hybridized carbons (Fsp3) is 0.308. The van der Waals surface area contributed by atoms with Crippen molar-refractivity contribution >= 4 is 11.3 Å². The van der Waals surface area contributed by atoms with Gasteiger partial charge in [-0.3, -0.25) is 4.98 Å². The highest BCUT2D eigenvalue weighted by Gasteiger charge is 2.12. The number of aryl methyl sites for hydroxylation is 3. The van der Waals surface area contributed by atoms with E-state index in [4.69, 9.17) is 0 Å². The smallest absolute Gasteiger partial charge is 0.105 e. The molecule has 0 aromatic carbocycles. The Bertz CT molecular complexity index is 484. The Morgan fingerprint density at radius 1 is 1.06 bits per heavy atom. The van der Waals surface area contributed by atoms with E-state index in [9.17, 15) is 5.11 Å². The summed E-state index contributed by atoms with van der Waals surface area (Å²) in [6.45, 7) is 5.94. The van der Waals surface area contributed by atoms with Crippen LogP contribution < -0.4 is 0 Å². The Hall–Kier alpha value is -1.19. The number of hydrogen-bond acceptors (Lipinski definition) is 3. The SMILES string of the molecule is Cc1cc(C(O)c2csc(C)c2)cc(C)n1. The maximum atomic E-state index is 10.2. The van der Waals surface area contributed by atoms with Crippen LogP contribution in [0.2, 0.25) is 0 Å². The standard InChI is InChI=1S/C13H15NOS/c1-8-4-11(5-9(2)14-8)13(15)12-6-10(3)16-7-12/h4-7,13,15H,1-3H3. The number of pyridine rings is 1. The van der Waals surface area contributed by atoms with E-state index in [2.05, 4.69) is 4.98 Å². The van der Waals surface area contributed by atoms with Crippen LogP contribution in [0.15, 0.2) is 23.6 Å². The molecule has 1 unspecified atom stereocenters. The first-order valence-electron chi connectivity index (χ1n) is 5.24. The molecule has 0 radical (unpaired) electrons. The zero-order valence-corrected chi connectivity index (χ0v) is 10.5. The van der Waals surface area contributed by atoms with Gasteiger partial charge < -0.3 is 5.11 Å². The van der Waals surface area contributed by atoms with E-state index in [0.717, 1.165) is 22.5 Å². The molecule has 84 valence electrons. The summed E-state index contributed by atoms with van der Waals surface area (Å²) in [5.74, 6) is 0. The third kappa shape index (κ3) is 2.31. The summed E-state index contributed by atoms with van der Waals surface area (Å²) in [6, 6.07) is 5.90. The van der Waals surface area contributed by atoms with Gasteiger partial charge in [-0.2, -0.15) is 0 Å². The molecule has 0 saturated carbocycles. The minimum absolute atomic E-state index is 0.537. The Balaban J connectivity index is 2.37. The summed E-state index contributed by atoms with van der Waals surface area (Å²) in [6.07, 6.45) is -0.537. The number of aliphatic hydroxyl groups is 1. The van der Waals surface area contributed by atoms with E-state index in [1.165, 1.54) is 4.88 Å². The van der Waals surface area contributed by atoms with Crippen molar-refractivity contribution in [3.05, 3.63) is 51.0 Å². The van der Waals surface area contributed by atoms with Crippen LogP contribution in [-0.2, 0) is 0 Å². The van der Waals surface area contributed by atoms with Crippen molar-refractivity contribution in [3.8, 4) is 0 Å². The van der Waals surface area contributed by atoms with Crippen LogP contribution in [0.1, 0.15) is 33.5 Å². The lowest BCUT2D eigenvalue weighted by Gasteiger charge is -2.10. The molecule has 0 bridgehead atoms. The van der Waals surface area contributed by atoms with Gasteiger partial charge >= 0.3 is 0 Å². The number of aliphatic hydroxyl groups excluding tert-OH is 1. The minimum Gasteiger partial charge on any atom is -0.384 e. The zero-order chi connectivity index (χ0) is 11.7. The van der Waals surface area contributed by atoms with Gasteiger partial charge in [0.1, 0.15) is 6.10 Å². The molecular weight excluding hydrogens is 218 g/mol. The van der Waals surface area contributed by atoms with Crippen molar-refractivity contribution in [1.82, 2.24) is 4.98 Å². The average Bonchev–Trinajstić information content (AvgIpc) is 2.62. The van der Waals surface area contributed by atoms with Crippen LogP contribution in [0.5, 0.6) is 0 Å². The normalized spacial score (nSPS) is 12.8. The second kappa shape index (κ2) is 4.36. The van der Waals surface area contributed by atoms with E-state index in [-0.39, 0.29) is 0 Å². The van der Waals surface area contributed by atoms with E-state index in [1.54, 1.807) is 11.3 Å². The Morgan fingerprint density at radius 3 is 2.19 bits per heavy atom. The van der Waals surface area contributed by atoms with Crippen molar-refractivity contribution < 1.29 is 5.11 Å². The fourth-order valence-corrected chi connectivity index (χ4v) is 2.55. The highest BCUT2D eigenvalue weighted by Crippen LogP contribution is 2.26. The molecule has 2 aromatic rings. The van der Waals surface area contributed by atoms with E-state index < -0.39 is 6.10 Å². The lowest BCUT2D eigenvalue weighted by atomic mass is 10.0. The minimum atomic E-state index is -0.537. The van der Waals surface area contributed by atoms with Crippen LogP contribution >= 0.6 is 11.3 Å². The lowest BCUT2D eigenvalue weighted by molar-refractivity contribution is 0.220. The maximum Gasteiger partial charge on any atom is 0.105 e. The Morgan fingerprint density at radius 2 is 1.69 bits per heavy atom. The van der Waals surface area contributed by atoms with Gasteiger partial charge in [-0.15, -0.1) is 11.3 Å². The molecule has 0 aliphatic carbocycles. The third-order valence-corrected chi connectivity index (χ3v) is 3.37. The van der Waals surface area contributed by atoms with Crippen LogP contribution in [-0.4, -0.2) is 10.1 Å². The number of hydrogen-bond donors (Lipinski definition) is 1. The molecule has 0 fully saturated rings. The molecule has 0 aliphatic rings. The van der Waals surface area contributed by atoms with Gasteiger partial charge in [0, 0.05) is 16.3 Å². The van der Waals surface area contributed by atoms with Gasteiger partial charge in [0.15, 0.2) is 0 Å². The molecule has 0 spiro atoms. The molecule has 2 nitrogen and oxygen atoms in total. The number of nitrogens with zero attached hydrogens (tertiary/aromatic N) is 1. The summed E-state index contributed by atoms with van der Waals surface area (Å²) in [7, 11) is 0. The first-order valence-corrected chi connectivity index (χ1v) is 6.12. The second-order valence-electron chi connectivity index (χ2n) is 4.08. The molecule has 3 heteroatoms. The molecule has 16 heavy (non-hydrogen) atoms. The molecule has 2 rings (SSSR count). The largest absolute Gasteiger partial charge is 0.384 e. The Kier molecular flexibility index (Phi) is 3.08. The molecule has 1 atom stereocenters. The quantitative estimate of drug-likeness (QED) is 0.864. The number of thiophene rings is 1. The van der Waals surface area contributed by atoms with Crippen molar-refractivity contribution in [1.29, 1.82) is 0 Å². The zero-order valence-electron chi connectivity index (χ0n) is 9.69. The van der Waals surface area contributed by atoms with Crippen LogP contribution in [0.4, 0.5) is 0 Å². The van der Waals surface area contributed by atoms with Crippen molar-refractivity contribution in [2.45, 2.75) is 26.9 Å². The number of rotatable bonds is 2. The highest BCUT2D eigenvalue weighted by atomic mass is 32.1. The summed E-state index contributed by atoms with van der Waals surface area (Å²) in [5, 5.41) is 12.2. The van der Waals surface area contributed by atoms with E-state index in [0.29, 0.717) is 0 Å². The molecule has 1 N–H and O–H groups in total. The topological polar surface area (TPSA) is 33.1 Å². The van der Waals surface area contributed by atoms with E-state index in [1.807, 2.05) is 44.4 Å². The van der Waals surface area contributed by atoms with Crippen LogP contribution in [0, 0.1) is 20.8 Å². The summed E-state index contributed by atoms with van der Waals surface area (Å²) < 4.78 is 0. The first kappa shape index (κ1) is 11.3. The Labute approximate surface area is 99.6 Å². The number of aromatic nitrogens is 1. The van der Waals surface area contributed by atoms with E-state index >= 15 is 0 Å². The molecule has 2 heterocycles. The fourth-order valence-electron chi connectivity index (χ4n) is 1.82. The monoisotopic (exact) mass is 233 g/mol. The molecule has 0 amide bonds. The summed E-state index contributed by atoms with van der Waals surface area (Å²) >= 11 is 1.66. The van der Waals surface area contributed by atoms with Crippen LogP contribution in [0.3, 0.4) is 0 Å². The maximum absolute atomic E-state index is 10.2. The highest BCUT2D eigenvalue weighted by molar-refractivity contribution is 7.10. The van der Waals surface area contributed by atoms with Gasteiger partial charge in [-0.1, -0.05) is 0 Å². The van der Waals surface area contributed by atoms with Crippen molar-refractivity contribution in [2.75, 3.05) is 0 Å². The van der Waals surface area contributed by atoms with Gasteiger partial charge in [0.25, 0.3) is 0 Å². The summed E-state index contributed by atoms with van der Waals surface area (Å²) in [5.41, 5.74) is 3.78. The van der Waals surface area contributed by atoms with Crippen molar-refractivity contribution in [3.63, 3.8) is 0 Å². The second-order valence-corrected chi connectivity index (χ2v) is 5.19. The lowest BCUT2D eigenvalue weighted by Crippen LogP contribution is -2.00. The van der Waals surface area contributed by atoms with Gasteiger partial charge in [0.2, 0.25) is 0 Å². The molecule has 0 saturated heterocycles. The predicted octanol–water partition coefficient (Wildman–Crippen LogP) is 3.15. The van der Waals surface area contributed by atoms with Crippen LogP contribution in [0.25, 0.3) is 0 Å². The average molecular weight is 233 g/mol. The van der Waals surface area contributed by atoms with Gasteiger partial charge in [-0.05, 0) is 55.5 Å². The summed E-state index contributed by atoms with van der Waals surface area (Å²) in [4.78, 5) is 5.53. The predicted molar refractivity (Wildman–Crippen MR) is 66.8 cm³/mol. The molecular formula is C13H15NOS. The first-order chi connectivity index (χ1) is 7.56. The third-order valence-electron chi connectivity index (χ3n) is 2.49.